The van der Waals surface area contributed by atoms with Crippen LogP contribution < -0.4 is 5.32 Å². The van der Waals surface area contributed by atoms with Gasteiger partial charge in [-0.3, -0.25) is 4.79 Å². The van der Waals surface area contributed by atoms with Gasteiger partial charge < -0.3 is 14.6 Å². The van der Waals surface area contributed by atoms with E-state index >= 15 is 0 Å². The van der Waals surface area contributed by atoms with E-state index in [9.17, 15) is 14.0 Å². The maximum atomic E-state index is 13.2. The van der Waals surface area contributed by atoms with Gasteiger partial charge in [0.2, 0.25) is 5.91 Å². The molecule has 0 spiro atoms. The number of ether oxygens (including phenoxy) is 1. The summed E-state index contributed by atoms with van der Waals surface area (Å²) < 4.78 is 19.4. The Labute approximate surface area is 115 Å². The zero-order chi connectivity index (χ0) is 14.7. The molecule has 0 aliphatic heterocycles. The van der Waals surface area contributed by atoms with Crippen molar-refractivity contribution in [2.24, 2.45) is 0 Å². The van der Waals surface area contributed by atoms with E-state index in [1.807, 2.05) is 0 Å². The van der Waals surface area contributed by atoms with Crippen molar-refractivity contribution in [1.29, 1.82) is 0 Å². The Morgan fingerprint density at radius 2 is 2.15 bits per heavy atom. The summed E-state index contributed by atoms with van der Waals surface area (Å²) in [5.41, 5.74) is 0.630. The molecule has 0 unspecified atom stereocenters. The molecule has 1 N–H and O–H groups in total. The van der Waals surface area contributed by atoms with Gasteiger partial charge in [-0.15, -0.1) is 0 Å². The number of nitrogens with one attached hydrogen (secondary N) is 1. The molecule has 0 aliphatic carbocycles. The Morgan fingerprint density at radius 1 is 1.40 bits per heavy atom. The average Bonchev–Trinajstić information content (AvgIpc) is 2.80. The predicted octanol–water partition coefficient (Wildman–Crippen LogP) is 1.46. The van der Waals surface area contributed by atoms with Crippen molar-refractivity contribution in [3.63, 3.8) is 0 Å². The van der Waals surface area contributed by atoms with Crippen molar-refractivity contribution >= 4 is 22.8 Å². The van der Waals surface area contributed by atoms with Crippen LogP contribution in [0.3, 0.4) is 0 Å². The Balaban J connectivity index is 2.10. The molecule has 0 aliphatic rings. The highest BCUT2D eigenvalue weighted by Gasteiger charge is 2.16. The van der Waals surface area contributed by atoms with Crippen LogP contribution in [0.4, 0.5) is 4.39 Å². The number of nitrogens with zero attached hydrogens (tertiary/aromatic N) is 1. The van der Waals surface area contributed by atoms with Crippen molar-refractivity contribution in [3.8, 4) is 0 Å². The lowest BCUT2D eigenvalue weighted by Crippen LogP contribution is -2.40. The maximum Gasteiger partial charge on any atom is 0.328 e. The summed E-state index contributed by atoms with van der Waals surface area (Å²) in [4.78, 5) is 23.0. The maximum absolute atomic E-state index is 13.2. The van der Waals surface area contributed by atoms with E-state index in [0.717, 1.165) is 5.39 Å². The molecule has 2 rings (SSSR count). The second-order valence-corrected chi connectivity index (χ2v) is 4.46. The summed E-state index contributed by atoms with van der Waals surface area (Å²) >= 11 is 0. The van der Waals surface area contributed by atoms with Crippen molar-refractivity contribution in [3.05, 3.63) is 36.3 Å². The Bertz CT molecular complexity index is 651. The first-order valence-corrected chi connectivity index (χ1v) is 6.13. The summed E-state index contributed by atoms with van der Waals surface area (Å²) in [6, 6.07) is 5.46. The molecule has 0 radical (unpaired) electrons. The van der Waals surface area contributed by atoms with Gasteiger partial charge in [0, 0.05) is 6.20 Å². The standard InChI is InChI=1S/C14H15FN2O3/c1-9(14(19)20-2)16-13(18)8-17-6-5-10-3-4-11(15)7-12(10)17/h3-7,9H,8H2,1-2H3,(H,16,18)/t9-/m0/s1. The van der Waals surface area contributed by atoms with Crippen LogP contribution in [0.2, 0.25) is 0 Å². The first-order valence-electron chi connectivity index (χ1n) is 6.13. The van der Waals surface area contributed by atoms with Gasteiger partial charge in [0.1, 0.15) is 18.4 Å². The zero-order valence-electron chi connectivity index (χ0n) is 11.2. The molecule has 106 valence electrons. The van der Waals surface area contributed by atoms with E-state index in [0.29, 0.717) is 5.52 Å². The average molecular weight is 278 g/mol. The fraction of sp³-hybridized carbons (Fsp3) is 0.286. The quantitative estimate of drug-likeness (QED) is 0.861. The van der Waals surface area contributed by atoms with Crippen LogP contribution in [-0.4, -0.2) is 29.6 Å². The highest BCUT2D eigenvalue weighted by Crippen LogP contribution is 2.16. The smallest absolute Gasteiger partial charge is 0.328 e. The number of amides is 1. The first-order chi connectivity index (χ1) is 9.51. The second-order valence-electron chi connectivity index (χ2n) is 4.46. The highest BCUT2D eigenvalue weighted by molar-refractivity contribution is 5.86. The SMILES string of the molecule is COC(=O)[C@H](C)NC(=O)Cn1ccc2ccc(F)cc21. The minimum absolute atomic E-state index is 0.00822. The molecule has 0 saturated heterocycles. The van der Waals surface area contributed by atoms with Crippen molar-refractivity contribution in [1.82, 2.24) is 9.88 Å². The lowest BCUT2D eigenvalue weighted by Gasteiger charge is -2.12. The van der Waals surface area contributed by atoms with Crippen LogP contribution in [0.25, 0.3) is 10.9 Å². The van der Waals surface area contributed by atoms with Gasteiger partial charge >= 0.3 is 5.97 Å². The molecule has 1 heterocycles. The second kappa shape index (κ2) is 5.73. The van der Waals surface area contributed by atoms with Crippen LogP contribution >= 0.6 is 0 Å². The molecule has 0 saturated carbocycles. The van der Waals surface area contributed by atoms with Gasteiger partial charge in [-0.25, -0.2) is 9.18 Å². The van der Waals surface area contributed by atoms with Crippen LogP contribution in [0, 0.1) is 5.82 Å². The minimum atomic E-state index is -0.717. The molecule has 6 heteroatoms. The van der Waals surface area contributed by atoms with Gasteiger partial charge in [0.05, 0.1) is 12.6 Å². The molecule has 0 bridgehead atoms. The van der Waals surface area contributed by atoms with Gasteiger partial charge in [0.25, 0.3) is 0 Å². The molecule has 1 amide bonds. The monoisotopic (exact) mass is 278 g/mol. The normalized spacial score (nSPS) is 12.2. The third-order valence-corrected chi connectivity index (χ3v) is 2.98. The predicted molar refractivity (Wildman–Crippen MR) is 71.5 cm³/mol. The molecule has 2 aromatic rings. The number of benzene rings is 1. The molecule has 20 heavy (non-hydrogen) atoms. The van der Waals surface area contributed by atoms with E-state index in [1.54, 1.807) is 22.9 Å². The Hall–Kier alpha value is -2.37. The number of hydrogen-bond acceptors (Lipinski definition) is 3. The number of fused-ring (bicyclic) bond motifs is 1. The molecule has 1 aromatic carbocycles. The van der Waals surface area contributed by atoms with Crippen molar-refractivity contribution < 1.29 is 18.7 Å². The summed E-state index contributed by atoms with van der Waals surface area (Å²) in [5.74, 6) is -1.22. The minimum Gasteiger partial charge on any atom is -0.467 e. The number of carbonyl (C=O) groups is 2. The van der Waals surface area contributed by atoms with Crippen LogP contribution in [0.15, 0.2) is 30.5 Å². The molecule has 1 aromatic heterocycles. The lowest BCUT2D eigenvalue weighted by atomic mass is 10.2. The molecular formula is C14H15FN2O3. The van der Waals surface area contributed by atoms with E-state index < -0.39 is 12.0 Å². The molecule has 1 atom stereocenters. The summed E-state index contributed by atoms with van der Waals surface area (Å²) in [7, 11) is 1.26. The number of aromatic nitrogens is 1. The molecule has 5 nitrogen and oxygen atoms in total. The van der Waals surface area contributed by atoms with Gasteiger partial charge in [0.15, 0.2) is 0 Å². The van der Waals surface area contributed by atoms with E-state index in [4.69, 9.17) is 0 Å². The summed E-state index contributed by atoms with van der Waals surface area (Å²) in [5, 5.41) is 3.37. The fourth-order valence-electron chi connectivity index (χ4n) is 1.97. The van der Waals surface area contributed by atoms with Gasteiger partial charge in [-0.05, 0) is 36.6 Å². The number of hydrogen-bond donors (Lipinski definition) is 1. The van der Waals surface area contributed by atoms with Crippen LogP contribution in [-0.2, 0) is 20.9 Å². The lowest BCUT2D eigenvalue weighted by molar-refractivity contribution is -0.144. The fourth-order valence-corrected chi connectivity index (χ4v) is 1.97. The topological polar surface area (TPSA) is 60.3 Å². The number of rotatable bonds is 4. The molecule has 0 fully saturated rings. The summed E-state index contributed by atoms with van der Waals surface area (Å²) in [6.45, 7) is 1.55. The number of esters is 1. The van der Waals surface area contributed by atoms with Crippen LogP contribution in [0.5, 0.6) is 0 Å². The Kier molecular flexibility index (Phi) is 4.02. The largest absolute Gasteiger partial charge is 0.467 e. The third-order valence-electron chi connectivity index (χ3n) is 2.98. The molecular weight excluding hydrogens is 263 g/mol. The van der Waals surface area contributed by atoms with Crippen LogP contribution in [0.1, 0.15) is 6.92 Å². The van der Waals surface area contributed by atoms with Gasteiger partial charge in [-0.2, -0.15) is 0 Å². The Morgan fingerprint density at radius 3 is 2.85 bits per heavy atom. The number of carbonyl (C=O) groups excluding carboxylic acids is 2. The zero-order valence-corrected chi connectivity index (χ0v) is 11.2. The van der Waals surface area contributed by atoms with Crippen molar-refractivity contribution in [2.75, 3.05) is 7.11 Å². The number of methoxy groups -OCH3 is 1. The summed E-state index contributed by atoms with van der Waals surface area (Å²) in [6.07, 6.45) is 1.70. The first kappa shape index (κ1) is 14.0. The highest BCUT2D eigenvalue weighted by atomic mass is 19.1. The number of halogens is 1. The van der Waals surface area contributed by atoms with Gasteiger partial charge in [-0.1, -0.05) is 0 Å². The van der Waals surface area contributed by atoms with E-state index in [-0.39, 0.29) is 18.3 Å². The van der Waals surface area contributed by atoms with E-state index in [2.05, 4.69) is 10.1 Å². The van der Waals surface area contributed by atoms with E-state index in [1.165, 1.54) is 26.2 Å². The third kappa shape index (κ3) is 2.96. The van der Waals surface area contributed by atoms with Crippen molar-refractivity contribution in [2.45, 2.75) is 19.5 Å².